The van der Waals surface area contributed by atoms with Gasteiger partial charge < -0.3 is 25.5 Å². The Morgan fingerprint density at radius 2 is 2.24 bits per heavy atom. The molecule has 1 aromatic carbocycles. The van der Waals surface area contributed by atoms with Gasteiger partial charge in [0.05, 0.1) is 11.1 Å². The first-order valence-electron chi connectivity index (χ1n) is 11.3. The van der Waals surface area contributed by atoms with Crippen LogP contribution in [0.4, 0.5) is 5.69 Å². The number of fused-ring (bicyclic) bond motifs is 4. The number of benzene rings is 1. The zero-order valence-electron chi connectivity index (χ0n) is 18.6. The number of aliphatic hydroxyl groups is 1. The summed E-state index contributed by atoms with van der Waals surface area (Å²) in [5.74, 6) is -0.413. The van der Waals surface area contributed by atoms with Crippen LogP contribution in [-0.4, -0.2) is 46.3 Å². The van der Waals surface area contributed by atoms with E-state index in [1.54, 1.807) is 18.2 Å². The van der Waals surface area contributed by atoms with E-state index in [0.29, 0.717) is 28.2 Å². The molecule has 2 atom stereocenters. The summed E-state index contributed by atoms with van der Waals surface area (Å²) in [4.78, 5) is 45.9. The molecule has 5 rings (SSSR count). The average molecular weight is 484 g/mol. The molecule has 3 heterocycles. The fraction of sp³-hybridized carbons (Fsp3) is 0.391. The van der Waals surface area contributed by atoms with Gasteiger partial charge in [0.25, 0.3) is 17.4 Å². The van der Waals surface area contributed by atoms with Crippen LogP contribution in [0.2, 0.25) is 0 Å². The molecule has 5 N–H and O–H groups in total. The minimum Gasteiger partial charge on any atom is -0.482 e. The Bertz CT molecular complexity index is 1330. The van der Waals surface area contributed by atoms with Crippen molar-refractivity contribution in [1.82, 2.24) is 20.6 Å². The van der Waals surface area contributed by atoms with E-state index in [1.165, 1.54) is 11.3 Å². The number of carbonyl (C=O) groups is 2. The number of anilines is 1. The van der Waals surface area contributed by atoms with E-state index < -0.39 is 12.1 Å². The van der Waals surface area contributed by atoms with Crippen molar-refractivity contribution in [3.8, 4) is 5.75 Å². The lowest BCUT2D eigenvalue weighted by molar-refractivity contribution is -0.118. The summed E-state index contributed by atoms with van der Waals surface area (Å²) in [7, 11) is 0. The molecule has 1 aliphatic heterocycles. The molecule has 0 saturated heterocycles. The standard InChI is InChI=1S/C23H25N5O5S/c1-2-24-20(30)12-4-3-5-15-17(12)18-21(31)27-19(28-23(18)34-15)22(32)25-9-11-6-7-14-13(8-11)26-16(29)10-33-14/h6-8,12,20,24,30H,2-5,9-10H2,1H3,(H,25,32)(H,26,29)(H,27,28,31). The smallest absolute Gasteiger partial charge is 0.287 e. The van der Waals surface area contributed by atoms with Crippen molar-refractivity contribution < 1.29 is 19.4 Å². The molecule has 0 bridgehead atoms. The lowest BCUT2D eigenvalue weighted by Gasteiger charge is -2.27. The number of aryl methyl sites for hydroxylation is 1. The lowest BCUT2D eigenvalue weighted by Crippen LogP contribution is -2.36. The van der Waals surface area contributed by atoms with Crippen molar-refractivity contribution in [2.24, 2.45) is 0 Å². The molecule has 2 unspecified atom stereocenters. The van der Waals surface area contributed by atoms with Gasteiger partial charge >= 0.3 is 0 Å². The van der Waals surface area contributed by atoms with E-state index in [2.05, 4.69) is 25.9 Å². The van der Waals surface area contributed by atoms with Gasteiger partial charge in [0, 0.05) is 17.3 Å². The number of amides is 2. The van der Waals surface area contributed by atoms with Crippen LogP contribution >= 0.6 is 11.3 Å². The number of nitrogens with zero attached hydrogens (tertiary/aromatic N) is 1. The van der Waals surface area contributed by atoms with E-state index >= 15 is 0 Å². The van der Waals surface area contributed by atoms with Crippen molar-refractivity contribution >= 4 is 39.1 Å². The maximum absolute atomic E-state index is 13.0. The molecular weight excluding hydrogens is 458 g/mol. The zero-order chi connectivity index (χ0) is 23.8. The molecule has 1 aliphatic carbocycles. The van der Waals surface area contributed by atoms with Gasteiger partial charge in [0.2, 0.25) is 5.82 Å². The number of hydrogen-bond acceptors (Lipinski definition) is 8. The second-order valence-electron chi connectivity index (χ2n) is 8.38. The summed E-state index contributed by atoms with van der Waals surface area (Å²) < 4.78 is 5.34. The van der Waals surface area contributed by atoms with Gasteiger partial charge in [-0.05, 0) is 49.1 Å². The predicted octanol–water partition coefficient (Wildman–Crippen LogP) is 1.59. The Kier molecular flexibility index (Phi) is 6.07. The fourth-order valence-corrected chi connectivity index (χ4v) is 5.85. The van der Waals surface area contributed by atoms with Crippen LogP contribution < -0.4 is 26.2 Å². The summed E-state index contributed by atoms with van der Waals surface area (Å²) in [5, 5.41) is 19.6. The van der Waals surface area contributed by atoms with Crippen LogP contribution in [0.15, 0.2) is 23.0 Å². The van der Waals surface area contributed by atoms with E-state index in [4.69, 9.17) is 4.74 Å². The molecule has 178 valence electrons. The highest BCUT2D eigenvalue weighted by atomic mass is 32.1. The second-order valence-corrected chi connectivity index (χ2v) is 9.47. The van der Waals surface area contributed by atoms with Crippen LogP contribution in [0.25, 0.3) is 10.2 Å². The van der Waals surface area contributed by atoms with Crippen molar-refractivity contribution in [3.63, 3.8) is 0 Å². The number of aliphatic hydroxyl groups excluding tert-OH is 1. The number of aromatic nitrogens is 2. The van der Waals surface area contributed by atoms with Gasteiger partial charge in [0.1, 0.15) is 16.8 Å². The second kappa shape index (κ2) is 9.16. The molecule has 0 saturated carbocycles. The van der Waals surface area contributed by atoms with Crippen LogP contribution in [0, 0.1) is 0 Å². The fourth-order valence-electron chi connectivity index (χ4n) is 4.56. The number of thiophene rings is 1. The lowest BCUT2D eigenvalue weighted by atomic mass is 9.85. The van der Waals surface area contributed by atoms with E-state index in [-0.39, 0.29) is 36.4 Å². The van der Waals surface area contributed by atoms with E-state index in [9.17, 15) is 19.5 Å². The molecule has 10 nitrogen and oxygen atoms in total. The Balaban J connectivity index is 1.38. The molecule has 2 amide bonds. The van der Waals surface area contributed by atoms with Gasteiger partial charge in [-0.1, -0.05) is 13.0 Å². The Morgan fingerprint density at radius 3 is 3.06 bits per heavy atom. The monoisotopic (exact) mass is 483 g/mol. The zero-order valence-corrected chi connectivity index (χ0v) is 19.4. The maximum Gasteiger partial charge on any atom is 0.287 e. The number of nitrogens with one attached hydrogen (secondary N) is 4. The first-order chi connectivity index (χ1) is 16.4. The molecule has 34 heavy (non-hydrogen) atoms. The van der Waals surface area contributed by atoms with Crippen LogP contribution in [0.1, 0.15) is 52.3 Å². The quantitative estimate of drug-likeness (QED) is 0.335. The third-order valence-corrected chi connectivity index (χ3v) is 7.26. The Labute approximate surface area is 198 Å². The molecular formula is C23H25N5O5S. The Morgan fingerprint density at radius 1 is 1.38 bits per heavy atom. The molecule has 0 radical (unpaired) electrons. The topological polar surface area (TPSA) is 145 Å². The summed E-state index contributed by atoms with van der Waals surface area (Å²) in [5.41, 5.74) is 1.78. The average Bonchev–Trinajstić information content (AvgIpc) is 3.21. The SMILES string of the molecule is CCNC(O)C1CCCc2sc3nc(C(=O)NCc4ccc5c(c4)NC(=O)CO5)[nH]c(=O)c3c21. The van der Waals surface area contributed by atoms with Crippen molar-refractivity contribution in [2.75, 3.05) is 18.5 Å². The van der Waals surface area contributed by atoms with Gasteiger partial charge in [-0.15, -0.1) is 11.3 Å². The van der Waals surface area contributed by atoms with Crippen molar-refractivity contribution in [2.45, 2.75) is 44.9 Å². The number of ether oxygens (including phenoxy) is 1. The predicted molar refractivity (Wildman–Crippen MR) is 127 cm³/mol. The van der Waals surface area contributed by atoms with Crippen LogP contribution in [-0.2, 0) is 17.8 Å². The molecule has 0 spiro atoms. The first kappa shape index (κ1) is 22.5. The molecule has 3 aromatic rings. The molecule has 2 aromatic heterocycles. The van der Waals surface area contributed by atoms with Gasteiger partial charge in [-0.3, -0.25) is 19.7 Å². The van der Waals surface area contributed by atoms with Crippen LogP contribution in [0.5, 0.6) is 5.75 Å². The van der Waals surface area contributed by atoms with Crippen molar-refractivity contribution in [1.29, 1.82) is 0 Å². The Hall–Kier alpha value is -3.28. The summed E-state index contributed by atoms with van der Waals surface area (Å²) in [6.45, 7) is 2.71. The van der Waals surface area contributed by atoms with E-state index in [1.807, 2.05) is 6.92 Å². The highest BCUT2D eigenvalue weighted by molar-refractivity contribution is 7.18. The summed E-state index contributed by atoms with van der Waals surface area (Å²) in [6, 6.07) is 5.26. The van der Waals surface area contributed by atoms with Gasteiger partial charge in [-0.25, -0.2) is 4.98 Å². The van der Waals surface area contributed by atoms with E-state index in [0.717, 1.165) is 35.3 Å². The largest absolute Gasteiger partial charge is 0.482 e. The van der Waals surface area contributed by atoms with Gasteiger partial charge in [0.15, 0.2) is 6.61 Å². The summed E-state index contributed by atoms with van der Waals surface area (Å²) >= 11 is 1.41. The van der Waals surface area contributed by atoms with Crippen molar-refractivity contribution in [3.05, 3.63) is 50.4 Å². The third kappa shape index (κ3) is 4.17. The normalized spacial score (nSPS) is 17.9. The number of rotatable bonds is 6. The minimum absolute atomic E-state index is 0.0223. The minimum atomic E-state index is -0.740. The highest BCUT2D eigenvalue weighted by Crippen LogP contribution is 2.41. The first-order valence-corrected chi connectivity index (χ1v) is 12.1. The van der Waals surface area contributed by atoms with Crippen LogP contribution in [0.3, 0.4) is 0 Å². The number of H-pyrrole nitrogens is 1. The van der Waals surface area contributed by atoms with Gasteiger partial charge in [-0.2, -0.15) is 0 Å². The highest BCUT2D eigenvalue weighted by Gasteiger charge is 2.32. The molecule has 0 fully saturated rings. The summed E-state index contributed by atoms with van der Waals surface area (Å²) in [6.07, 6.45) is 1.78. The molecule has 11 heteroatoms. The maximum atomic E-state index is 13.0. The molecule has 2 aliphatic rings. The number of hydrogen-bond donors (Lipinski definition) is 5. The number of carbonyl (C=O) groups excluding carboxylic acids is 2. The third-order valence-electron chi connectivity index (χ3n) is 6.10. The number of aromatic amines is 1. The number of likely N-dealkylation sites (N-methyl/N-ethyl adjacent to an activating group) is 1.